The van der Waals surface area contributed by atoms with Crippen molar-refractivity contribution in [2.45, 2.75) is 25.7 Å². The van der Waals surface area contributed by atoms with Crippen LogP contribution >= 0.6 is 0 Å². The van der Waals surface area contributed by atoms with Crippen LogP contribution in [0, 0.1) is 0 Å². The molecule has 0 saturated heterocycles. The first-order valence-corrected chi connectivity index (χ1v) is 6.99. The molecule has 1 amide bonds. The van der Waals surface area contributed by atoms with Crippen LogP contribution in [0.3, 0.4) is 0 Å². The Morgan fingerprint density at radius 2 is 1.63 bits per heavy atom. The van der Waals surface area contributed by atoms with Gasteiger partial charge in [0.2, 0.25) is 0 Å². The van der Waals surface area contributed by atoms with Crippen molar-refractivity contribution in [3.05, 3.63) is 48.1 Å². The number of carbonyl (C=O) groups is 1. The Hall–Kier alpha value is -1.61. The molecule has 3 nitrogen and oxygen atoms in total. The molecule has 0 aromatic carbocycles. The summed E-state index contributed by atoms with van der Waals surface area (Å²) in [5.74, 6) is 0.00595. The molecule has 1 aliphatic rings. The van der Waals surface area contributed by atoms with Crippen molar-refractivity contribution in [3.8, 4) is 0 Å². The van der Waals surface area contributed by atoms with Gasteiger partial charge >= 0.3 is 0 Å². The van der Waals surface area contributed by atoms with Crippen LogP contribution in [0.4, 0.5) is 0 Å². The second-order valence-corrected chi connectivity index (χ2v) is 4.52. The van der Waals surface area contributed by atoms with E-state index in [1.54, 1.807) is 0 Å². The lowest BCUT2D eigenvalue weighted by Crippen LogP contribution is -2.25. The molecular weight excluding hydrogens is 236 g/mol. The molecule has 0 spiro atoms. The van der Waals surface area contributed by atoms with Gasteiger partial charge in [-0.3, -0.25) is 4.79 Å². The van der Waals surface area contributed by atoms with Crippen LogP contribution in [0.25, 0.3) is 0 Å². The number of amides is 1. The molecule has 1 aliphatic carbocycles. The fourth-order valence-electron chi connectivity index (χ4n) is 1.80. The third-order valence-corrected chi connectivity index (χ3v) is 2.90. The van der Waals surface area contributed by atoms with Gasteiger partial charge in [0, 0.05) is 12.1 Å². The molecule has 0 atom stereocenters. The van der Waals surface area contributed by atoms with Crippen molar-refractivity contribution >= 4 is 5.91 Å². The molecule has 0 saturated carbocycles. The number of rotatable bonds is 8. The Morgan fingerprint density at radius 1 is 0.947 bits per heavy atom. The van der Waals surface area contributed by atoms with E-state index < -0.39 is 0 Å². The molecular formula is C16H24N2O. The zero-order chi connectivity index (χ0) is 13.8. The number of nitrogens with one attached hydrogen (secondary N) is 2. The van der Waals surface area contributed by atoms with E-state index in [-0.39, 0.29) is 5.91 Å². The molecule has 0 aliphatic heterocycles. The molecule has 1 rings (SSSR count). The van der Waals surface area contributed by atoms with Crippen LogP contribution in [-0.4, -0.2) is 26.0 Å². The molecule has 3 heteroatoms. The molecule has 2 N–H and O–H groups in total. The van der Waals surface area contributed by atoms with E-state index in [2.05, 4.69) is 10.6 Å². The molecule has 0 heterocycles. The minimum absolute atomic E-state index is 0.00595. The highest BCUT2D eigenvalue weighted by molar-refractivity contribution is 5.96. The predicted octanol–water partition coefficient (Wildman–Crippen LogP) is 2.49. The smallest absolute Gasteiger partial charge is 0.251 e. The summed E-state index contributed by atoms with van der Waals surface area (Å²) in [5, 5.41) is 6.09. The number of hydrogen-bond acceptors (Lipinski definition) is 2. The van der Waals surface area contributed by atoms with E-state index in [0.717, 1.165) is 19.5 Å². The van der Waals surface area contributed by atoms with Crippen LogP contribution in [0.5, 0.6) is 0 Å². The molecule has 0 bridgehead atoms. The molecule has 0 aromatic rings. The van der Waals surface area contributed by atoms with E-state index in [9.17, 15) is 4.79 Å². The van der Waals surface area contributed by atoms with E-state index in [1.165, 1.54) is 19.3 Å². The van der Waals surface area contributed by atoms with Crippen LogP contribution < -0.4 is 10.6 Å². The molecule has 0 aromatic heterocycles. The molecule has 104 valence electrons. The summed E-state index contributed by atoms with van der Waals surface area (Å²) in [6, 6.07) is 0. The Morgan fingerprint density at radius 3 is 2.42 bits per heavy atom. The van der Waals surface area contributed by atoms with Gasteiger partial charge in [-0.1, -0.05) is 43.2 Å². The molecule has 19 heavy (non-hydrogen) atoms. The number of unbranched alkanes of at least 4 members (excludes halogenated alkanes) is 3. The van der Waals surface area contributed by atoms with Gasteiger partial charge in [-0.2, -0.15) is 0 Å². The third kappa shape index (κ3) is 7.42. The van der Waals surface area contributed by atoms with Gasteiger partial charge in [-0.25, -0.2) is 0 Å². The maximum atomic E-state index is 11.9. The average molecular weight is 260 g/mol. The van der Waals surface area contributed by atoms with Crippen molar-refractivity contribution < 1.29 is 4.79 Å². The van der Waals surface area contributed by atoms with Crippen molar-refractivity contribution in [1.29, 1.82) is 0 Å². The highest BCUT2D eigenvalue weighted by Crippen LogP contribution is 2.02. The van der Waals surface area contributed by atoms with Gasteiger partial charge in [0.05, 0.1) is 0 Å². The van der Waals surface area contributed by atoms with E-state index in [1.807, 2.05) is 49.6 Å². The lowest BCUT2D eigenvalue weighted by Gasteiger charge is -2.06. The van der Waals surface area contributed by atoms with Crippen LogP contribution in [0.15, 0.2) is 48.1 Å². The predicted molar refractivity (Wildman–Crippen MR) is 80.9 cm³/mol. The first kappa shape index (κ1) is 15.4. The Balaban J connectivity index is 2.17. The molecule has 0 fully saturated rings. The van der Waals surface area contributed by atoms with E-state index in [4.69, 9.17) is 0 Å². The molecule has 0 unspecified atom stereocenters. The average Bonchev–Trinajstić information content (AvgIpc) is 2.37. The second-order valence-electron chi connectivity index (χ2n) is 4.52. The summed E-state index contributed by atoms with van der Waals surface area (Å²) in [6.07, 6.45) is 17.8. The van der Waals surface area contributed by atoms with Crippen molar-refractivity contribution in [2.24, 2.45) is 0 Å². The quantitative estimate of drug-likeness (QED) is 0.658. The SMILES string of the molecule is CNCCCCCCNC(=O)C1=C/C=C\C=C/C=C1. The fourth-order valence-corrected chi connectivity index (χ4v) is 1.80. The van der Waals surface area contributed by atoms with Crippen molar-refractivity contribution in [1.82, 2.24) is 10.6 Å². The van der Waals surface area contributed by atoms with Gasteiger partial charge in [0.1, 0.15) is 0 Å². The van der Waals surface area contributed by atoms with Gasteiger partial charge in [-0.05, 0) is 38.6 Å². The topological polar surface area (TPSA) is 41.1 Å². The highest BCUT2D eigenvalue weighted by atomic mass is 16.1. The molecule has 0 radical (unpaired) electrons. The maximum absolute atomic E-state index is 11.9. The van der Waals surface area contributed by atoms with E-state index >= 15 is 0 Å². The number of allylic oxidation sites excluding steroid dienone is 6. The monoisotopic (exact) mass is 260 g/mol. The normalized spacial score (nSPS) is 17.2. The largest absolute Gasteiger partial charge is 0.352 e. The Labute approximate surface area is 116 Å². The first-order chi connectivity index (χ1) is 9.34. The fraction of sp³-hybridized carbons (Fsp3) is 0.438. The third-order valence-electron chi connectivity index (χ3n) is 2.90. The summed E-state index contributed by atoms with van der Waals surface area (Å²) in [4.78, 5) is 11.9. The van der Waals surface area contributed by atoms with Gasteiger partial charge in [0.25, 0.3) is 5.91 Å². The minimum Gasteiger partial charge on any atom is -0.352 e. The summed E-state index contributed by atoms with van der Waals surface area (Å²) < 4.78 is 0. The first-order valence-electron chi connectivity index (χ1n) is 6.99. The Bertz CT molecular complexity index is 378. The lowest BCUT2D eigenvalue weighted by molar-refractivity contribution is -0.117. The summed E-state index contributed by atoms with van der Waals surface area (Å²) in [5.41, 5.74) is 0.704. The summed E-state index contributed by atoms with van der Waals surface area (Å²) in [6.45, 7) is 1.83. The van der Waals surface area contributed by atoms with Crippen molar-refractivity contribution in [3.63, 3.8) is 0 Å². The maximum Gasteiger partial charge on any atom is 0.251 e. The van der Waals surface area contributed by atoms with Gasteiger partial charge < -0.3 is 10.6 Å². The van der Waals surface area contributed by atoms with Gasteiger partial charge in [-0.15, -0.1) is 0 Å². The van der Waals surface area contributed by atoms with Crippen LogP contribution in [-0.2, 0) is 4.79 Å². The standard InChI is InChI=1S/C16H24N2O/c1-17-13-9-5-6-10-14-18-16(19)15-11-7-3-2-4-8-12-15/h2-4,7-8,11-12,17H,5-6,9-10,13-14H2,1H3,(H,18,19)/b3-2-,4-2?,7-3?,8-4-,11-7?,12-8?,15-11?,15-12?. The van der Waals surface area contributed by atoms with Crippen LogP contribution in [0.2, 0.25) is 0 Å². The van der Waals surface area contributed by atoms with Gasteiger partial charge in [0.15, 0.2) is 0 Å². The zero-order valence-electron chi connectivity index (χ0n) is 11.7. The lowest BCUT2D eigenvalue weighted by atomic mass is 10.1. The minimum atomic E-state index is 0.00595. The van der Waals surface area contributed by atoms with Crippen molar-refractivity contribution in [2.75, 3.05) is 20.1 Å². The zero-order valence-corrected chi connectivity index (χ0v) is 11.7. The second kappa shape index (κ2) is 10.3. The highest BCUT2D eigenvalue weighted by Gasteiger charge is 2.04. The number of carbonyl (C=O) groups excluding carboxylic acids is 1. The van der Waals surface area contributed by atoms with Crippen LogP contribution in [0.1, 0.15) is 25.7 Å². The Kier molecular flexibility index (Phi) is 8.39. The number of hydrogen-bond donors (Lipinski definition) is 2. The summed E-state index contributed by atoms with van der Waals surface area (Å²) in [7, 11) is 1.97. The summed E-state index contributed by atoms with van der Waals surface area (Å²) >= 11 is 0. The van der Waals surface area contributed by atoms with E-state index in [0.29, 0.717) is 5.57 Å².